The highest BCUT2D eigenvalue weighted by atomic mass is 16.6. The summed E-state index contributed by atoms with van der Waals surface area (Å²) in [7, 11) is 0. The van der Waals surface area contributed by atoms with Gasteiger partial charge in [0.2, 0.25) is 0 Å². The van der Waals surface area contributed by atoms with E-state index in [0.717, 1.165) is 12.8 Å². The molecular formula is C16H23N3O4. The van der Waals surface area contributed by atoms with Gasteiger partial charge in [0.25, 0.3) is 5.69 Å². The number of aryl methyl sites for hydroxylation is 1. The second-order valence-electron chi connectivity index (χ2n) is 6.11. The van der Waals surface area contributed by atoms with E-state index in [-0.39, 0.29) is 30.3 Å². The molecule has 0 bridgehead atoms. The van der Waals surface area contributed by atoms with Gasteiger partial charge in [-0.3, -0.25) is 10.1 Å². The Morgan fingerprint density at radius 3 is 2.96 bits per heavy atom. The number of likely N-dealkylation sites (tertiary alicyclic amines) is 1. The minimum Gasteiger partial charge on any atom is -0.396 e. The van der Waals surface area contributed by atoms with E-state index in [1.54, 1.807) is 30.9 Å². The van der Waals surface area contributed by atoms with Gasteiger partial charge in [-0.15, -0.1) is 0 Å². The highest BCUT2D eigenvalue weighted by molar-refractivity contribution is 5.74. The van der Waals surface area contributed by atoms with Crippen LogP contribution >= 0.6 is 0 Å². The summed E-state index contributed by atoms with van der Waals surface area (Å²) in [5, 5.41) is 23.1. The average Bonchev–Trinajstić information content (AvgIpc) is 2.54. The summed E-state index contributed by atoms with van der Waals surface area (Å²) in [4.78, 5) is 24.6. The maximum Gasteiger partial charge on any atom is 0.317 e. The summed E-state index contributed by atoms with van der Waals surface area (Å²) >= 11 is 0. The minimum absolute atomic E-state index is 0.0573. The molecule has 1 aliphatic rings. The first-order valence-electron chi connectivity index (χ1n) is 7.83. The maximum absolute atomic E-state index is 12.3. The number of rotatable bonds is 4. The first-order chi connectivity index (χ1) is 10.9. The average molecular weight is 321 g/mol. The van der Waals surface area contributed by atoms with Crippen LogP contribution in [-0.2, 0) is 0 Å². The largest absolute Gasteiger partial charge is 0.396 e. The molecule has 2 N–H and O–H groups in total. The van der Waals surface area contributed by atoms with Crippen molar-refractivity contribution in [1.29, 1.82) is 0 Å². The van der Waals surface area contributed by atoms with Gasteiger partial charge < -0.3 is 15.3 Å². The lowest BCUT2D eigenvalue weighted by Gasteiger charge is -2.32. The zero-order chi connectivity index (χ0) is 17.0. The minimum atomic E-state index is -0.413. The third-order valence-corrected chi connectivity index (χ3v) is 4.33. The summed E-state index contributed by atoms with van der Waals surface area (Å²) in [5.74, 6) is 0.130. The van der Waals surface area contributed by atoms with Crippen LogP contribution in [0.5, 0.6) is 0 Å². The number of amides is 2. The number of nitrogens with one attached hydrogen (secondary N) is 1. The van der Waals surface area contributed by atoms with Crippen molar-refractivity contribution in [1.82, 2.24) is 10.2 Å². The predicted molar refractivity (Wildman–Crippen MR) is 86.2 cm³/mol. The number of aliphatic hydroxyl groups excluding tert-OH is 1. The third kappa shape index (κ3) is 4.19. The fourth-order valence-electron chi connectivity index (χ4n) is 2.85. The van der Waals surface area contributed by atoms with Crippen LogP contribution < -0.4 is 5.32 Å². The Labute approximate surface area is 135 Å². The smallest absolute Gasteiger partial charge is 0.317 e. The van der Waals surface area contributed by atoms with Crippen LogP contribution in [0.1, 0.15) is 36.9 Å². The number of nitro groups is 1. The van der Waals surface area contributed by atoms with Crippen molar-refractivity contribution in [3.8, 4) is 0 Å². The molecule has 126 valence electrons. The molecule has 0 aromatic heterocycles. The maximum atomic E-state index is 12.3. The zero-order valence-electron chi connectivity index (χ0n) is 13.5. The molecule has 7 heteroatoms. The van der Waals surface area contributed by atoms with Gasteiger partial charge >= 0.3 is 6.03 Å². The summed E-state index contributed by atoms with van der Waals surface area (Å²) < 4.78 is 0. The van der Waals surface area contributed by atoms with E-state index in [2.05, 4.69) is 5.32 Å². The van der Waals surface area contributed by atoms with Crippen LogP contribution in [0.4, 0.5) is 10.5 Å². The van der Waals surface area contributed by atoms with Crippen molar-refractivity contribution in [2.45, 2.75) is 32.7 Å². The van der Waals surface area contributed by atoms with Gasteiger partial charge in [-0.25, -0.2) is 4.79 Å². The van der Waals surface area contributed by atoms with Crippen LogP contribution in [0.15, 0.2) is 18.2 Å². The number of hydrogen-bond donors (Lipinski definition) is 2. The van der Waals surface area contributed by atoms with Gasteiger partial charge in [0.1, 0.15) is 0 Å². The molecule has 2 rings (SSSR count). The molecule has 2 amide bonds. The molecule has 1 heterocycles. The second-order valence-corrected chi connectivity index (χ2v) is 6.11. The van der Waals surface area contributed by atoms with Gasteiger partial charge in [-0.2, -0.15) is 0 Å². The Morgan fingerprint density at radius 2 is 2.30 bits per heavy atom. The van der Waals surface area contributed by atoms with Gasteiger partial charge in [-0.1, -0.05) is 12.1 Å². The lowest BCUT2D eigenvalue weighted by atomic mass is 9.99. The van der Waals surface area contributed by atoms with E-state index in [1.807, 2.05) is 0 Å². The number of aliphatic hydroxyl groups is 1. The molecule has 23 heavy (non-hydrogen) atoms. The molecule has 0 saturated carbocycles. The summed E-state index contributed by atoms with van der Waals surface area (Å²) in [5.41, 5.74) is 1.35. The topological polar surface area (TPSA) is 95.7 Å². The highest BCUT2D eigenvalue weighted by Crippen LogP contribution is 2.23. The first-order valence-corrected chi connectivity index (χ1v) is 7.83. The SMILES string of the molecule is Cc1ccc([C@@H](C)NC(=O)N2CCC[C@@H](CO)C2)cc1[N+](=O)[O-]. The monoisotopic (exact) mass is 321 g/mol. The van der Waals surface area contributed by atoms with Crippen LogP contribution in [-0.4, -0.2) is 40.7 Å². The summed E-state index contributed by atoms with van der Waals surface area (Å²) in [6.07, 6.45) is 1.81. The van der Waals surface area contributed by atoms with Crippen LogP contribution in [0, 0.1) is 23.0 Å². The molecular weight excluding hydrogens is 298 g/mol. The predicted octanol–water partition coefficient (Wildman–Crippen LogP) is 2.38. The molecule has 1 aliphatic heterocycles. The fraction of sp³-hybridized carbons (Fsp3) is 0.562. The lowest BCUT2D eigenvalue weighted by Crippen LogP contribution is -2.46. The van der Waals surface area contributed by atoms with Gasteiger partial charge in [-0.05, 0) is 38.2 Å². The number of nitrogens with zero attached hydrogens (tertiary/aromatic N) is 2. The molecule has 0 aliphatic carbocycles. The normalized spacial score (nSPS) is 19.3. The van der Waals surface area contributed by atoms with Crippen molar-refractivity contribution < 1.29 is 14.8 Å². The van der Waals surface area contributed by atoms with Gasteiger partial charge in [0, 0.05) is 31.3 Å². The number of hydrogen-bond acceptors (Lipinski definition) is 4. The van der Waals surface area contributed by atoms with E-state index in [9.17, 15) is 20.0 Å². The van der Waals surface area contributed by atoms with E-state index in [1.165, 1.54) is 6.07 Å². The number of carbonyl (C=O) groups excluding carboxylic acids is 1. The first kappa shape index (κ1) is 17.2. The Balaban J connectivity index is 2.03. The van der Waals surface area contributed by atoms with Crippen LogP contribution in [0.25, 0.3) is 0 Å². The van der Waals surface area contributed by atoms with Crippen molar-refractivity contribution in [2.24, 2.45) is 5.92 Å². The Kier molecular flexibility index (Phi) is 5.54. The molecule has 7 nitrogen and oxygen atoms in total. The molecule has 0 radical (unpaired) electrons. The second kappa shape index (κ2) is 7.41. The van der Waals surface area contributed by atoms with Crippen molar-refractivity contribution >= 4 is 11.7 Å². The molecule has 1 saturated heterocycles. The summed E-state index contributed by atoms with van der Waals surface area (Å²) in [6.45, 7) is 4.80. The van der Waals surface area contributed by atoms with Gasteiger partial charge in [0.05, 0.1) is 11.0 Å². The van der Waals surface area contributed by atoms with Crippen molar-refractivity contribution in [3.63, 3.8) is 0 Å². The van der Waals surface area contributed by atoms with Crippen LogP contribution in [0.2, 0.25) is 0 Å². The standard InChI is InChI=1S/C16H23N3O4/c1-11-5-6-14(8-15(11)19(22)23)12(2)17-16(21)18-7-3-4-13(9-18)10-20/h5-6,8,12-13,20H,3-4,7,9-10H2,1-2H3,(H,17,21)/t12-,13-/m1/s1. The number of nitro benzene ring substituents is 1. The lowest BCUT2D eigenvalue weighted by molar-refractivity contribution is -0.385. The Bertz CT molecular complexity index is 591. The molecule has 1 aromatic rings. The molecule has 1 aromatic carbocycles. The number of carbonyl (C=O) groups is 1. The molecule has 0 unspecified atom stereocenters. The van der Waals surface area contributed by atoms with E-state index < -0.39 is 4.92 Å². The number of piperidine rings is 1. The Hall–Kier alpha value is -2.15. The summed E-state index contributed by atoms with van der Waals surface area (Å²) in [6, 6.07) is 4.47. The van der Waals surface area contributed by atoms with E-state index >= 15 is 0 Å². The quantitative estimate of drug-likeness (QED) is 0.657. The third-order valence-electron chi connectivity index (χ3n) is 4.33. The van der Waals surface area contributed by atoms with Crippen LogP contribution in [0.3, 0.4) is 0 Å². The zero-order valence-corrected chi connectivity index (χ0v) is 13.5. The number of urea groups is 1. The number of benzene rings is 1. The van der Waals surface area contributed by atoms with E-state index in [4.69, 9.17) is 0 Å². The highest BCUT2D eigenvalue weighted by Gasteiger charge is 2.24. The van der Waals surface area contributed by atoms with Crippen molar-refractivity contribution in [3.05, 3.63) is 39.4 Å². The van der Waals surface area contributed by atoms with Crippen molar-refractivity contribution in [2.75, 3.05) is 19.7 Å². The molecule has 0 spiro atoms. The molecule has 2 atom stereocenters. The van der Waals surface area contributed by atoms with E-state index in [0.29, 0.717) is 24.2 Å². The van der Waals surface area contributed by atoms with Gasteiger partial charge in [0.15, 0.2) is 0 Å². The Morgan fingerprint density at radius 1 is 1.57 bits per heavy atom. The fourth-order valence-corrected chi connectivity index (χ4v) is 2.85. The molecule has 1 fully saturated rings.